The molecule has 0 unspecified atom stereocenters. The summed E-state index contributed by atoms with van der Waals surface area (Å²) in [4.78, 5) is 26.8. The average Bonchev–Trinajstić information content (AvgIpc) is 3.18. The van der Waals surface area contributed by atoms with Crippen molar-refractivity contribution in [3.8, 4) is 0 Å². The van der Waals surface area contributed by atoms with Crippen LogP contribution in [0, 0.1) is 20.8 Å². The molecule has 0 saturated carbocycles. The van der Waals surface area contributed by atoms with Gasteiger partial charge in [0.1, 0.15) is 11.7 Å². The highest BCUT2D eigenvalue weighted by atomic mass is 32.2. The van der Waals surface area contributed by atoms with Gasteiger partial charge in [0.2, 0.25) is 5.91 Å². The van der Waals surface area contributed by atoms with Crippen LogP contribution in [0.1, 0.15) is 27.3 Å². The van der Waals surface area contributed by atoms with Crippen molar-refractivity contribution >= 4 is 29.3 Å². The van der Waals surface area contributed by atoms with Gasteiger partial charge in [-0.15, -0.1) is 11.8 Å². The maximum absolute atomic E-state index is 12.7. The molecule has 0 aliphatic carbocycles. The lowest BCUT2D eigenvalue weighted by Gasteiger charge is -2.22. The number of carbonyl (C=O) groups is 2. The van der Waals surface area contributed by atoms with Crippen LogP contribution < -0.4 is 5.32 Å². The van der Waals surface area contributed by atoms with Gasteiger partial charge in [0.05, 0.1) is 5.88 Å². The van der Waals surface area contributed by atoms with Crippen LogP contribution in [0.5, 0.6) is 0 Å². The number of amides is 2. The minimum absolute atomic E-state index is 0.160. The summed E-state index contributed by atoms with van der Waals surface area (Å²) in [7, 11) is 0. The lowest BCUT2D eigenvalue weighted by Crippen LogP contribution is -2.44. The number of nitrogens with one attached hydrogen (secondary N) is 2. The van der Waals surface area contributed by atoms with Crippen LogP contribution in [0.2, 0.25) is 0 Å². The molecule has 6 nitrogen and oxygen atoms in total. The molecular weight excluding hydrogens is 324 g/mol. The first kappa shape index (κ1) is 16.6. The standard InChI is InChI=1S/C17H20N4O2S/c1-10-4-5-13(11(2)6-10)18-16(22)15-8-24-9-21(15)17(23)14-7-12(3)19-20-14/h4-7,15H,8-9H2,1-3H3,(H,18,22)(H,19,20)/t15-/m0/s1. The van der Waals surface area contributed by atoms with Crippen LogP contribution in [0.25, 0.3) is 0 Å². The fraction of sp³-hybridized carbons (Fsp3) is 0.353. The second kappa shape index (κ2) is 6.68. The largest absolute Gasteiger partial charge is 0.324 e. The molecule has 0 spiro atoms. The van der Waals surface area contributed by atoms with E-state index >= 15 is 0 Å². The van der Waals surface area contributed by atoms with E-state index in [2.05, 4.69) is 15.5 Å². The van der Waals surface area contributed by atoms with Crippen molar-refractivity contribution in [2.24, 2.45) is 0 Å². The predicted octanol–water partition coefficient (Wildman–Crippen LogP) is 2.49. The van der Waals surface area contributed by atoms with E-state index in [0.29, 0.717) is 17.3 Å². The van der Waals surface area contributed by atoms with Crippen molar-refractivity contribution in [2.45, 2.75) is 26.8 Å². The summed E-state index contributed by atoms with van der Waals surface area (Å²) in [6.45, 7) is 5.81. The molecule has 7 heteroatoms. The molecule has 1 aromatic carbocycles. The van der Waals surface area contributed by atoms with E-state index in [4.69, 9.17) is 0 Å². The summed E-state index contributed by atoms with van der Waals surface area (Å²) >= 11 is 1.57. The maximum Gasteiger partial charge on any atom is 0.275 e. The van der Waals surface area contributed by atoms with Gasteiger partial charge in [-0.05, 0) is 38.5 Å². The molecule has 2 amide bonds. The summed E-state index contributed by atoms with van der Waals surface area (Å²) in [5.41, 5.74) is 4.11. The zero-order valence-corrected chi connectivity index (χ0v) is 14.7. The zero-order chi connectivity index (χ0) is 17.3. The number of aromatic nitrogens is 2. The molecule has 1 aliphatic heterocycles. The van der Waals surface area contributed by atoms with Gasteiger partial charge >= 0.3 is 0 Å². The summed E-state index contributed by atoms with van der Waals surface area (Å²) in [5.74, 6) is 0.708. The van der Waals surface area contributed by atoms with Crippen LogP contribution in [0.4, 0.5) is 5.69 Å². The van der Waals surface area contributed by atoms with E-state index in [1.165, 1.54) is 0 Å². The van der Waals surface area contributed by atoms with Gasteiger partial charge in [0, 0.05) is 17.1 Å². The fourth-order valence-electron chi connectivity index (χ4n) is 2.70. The van der Waals surface area contributed by atoms with E-state index in [-0.39, 0.29) is 11.8 Å². The van der Waals surface area contributed by atoms with E-state index in [1.807, 2.05) is 39.0 Å². The molecule has 2 N–H and O–H groups in total. The third kappa shape index (κ3) is 3.31. The molecule has 1 atom stereocenters. The smallest absolute Gasteiger partial charge is 0.275 e. The molecule has 126 valence electrons. The topological polar surface area (TPSA) is 78.1 Å². The number of nitrogens with zero attached hydrogens (tertiary/aromatic N) is 2. The first-order chi connectivity index (χ1) is 11.5. The van der Waals surface area contributed by atoms with Crippen molar-refractivity contribution in [1.29, 1.82) is 0 Å². The molecule has 1 aliphatic rings. The van der Waals surface area contributed by atoms with Crippen LogP contribution in [0.15, 0.2) is 24.3 Å². The second-order valence-electron chi connectivity index (χ2n) is 6.03. The normalized spacial score (nSPS) is 17.1. The Morgan fingerprint density at radius 2 is 2.08 bits per heavy atom. The first-order valence-electron chi connectivity index (χ1n) is 7.74. The Kier molecular flexibility index (Phi) is 4.62. The fourth-order valence-corrected chi connectivity index (χ4v) is 3.86. The molecular formula is C17H20N4O2S. The van der Waals surface area contributed by atoms with Gasteiger partial charge in [-0.1, -0.05) is 17.7 Å². The maximum atomic E-state index is 12.7. The third-order valence-electron chi connectivity index (χ3n) is 4.01. The number of rotatable bonds is 3. The molecule has 2 heterocycles. The van der Waals surface area contributed by atoms with Crippen molar-refractivity contribution in [1.82, 2.24) is 15.1 Å². The highest BCUT2D eigenvalue weighted by Gasteiger charge is 2.36. The molecule has 1 fully saturated rings. The minimum Gasteiger partial charge on any atom is -0.324 e. The van der Waals surface area contributed by atoms with Crippen LogP contribution >= 0.6 is 11.8 Å². The Balaban J connectivity index is 1.75. The van der Waals surface area contributed by atoms with Gasteiger partial charge in [-0.2, -0.15) is 5.10 Å². The van der Waals surface area contributed by atoms with Crippen LogP contribution in [-0.2, 0) is 4.79 Å². The third-order valence-corrected chi connectivity index (χ3v) is 5.02. The van der Waals surface area contributed by atoms with E-state index < -0.39 is 6.04 Å². The number of aromatic amines is 1. The van der Waals surface area contributed by atoms with Gasteiger partial charge in [-0.3, -0.25) is 14.7 Å². The number of hydrogen-bond acceptors (Lipinski definition) is 4. The molecule has 0 bridgehead atoms. The average molecular weight is 344 g/mol. The number of hydrogen-bond donors (Lipinski definition) is 2. The Morgan fingerprint density at radius 1 is 1.29 bits per heavy atom. The summed E-state index contributed by atoms with van der Waals surface area (Å²) in [5, 5.41) is 9.72. The Labute approximate surface area is 145 Å². The molecule has 24 heavy (non-hydrogen) atoms. The number of anilines is 1. The Bertz CT molecular complexity index is 787. The van der Waals surface area contributed by atoms with E-state index in [0.717, 1.165) is 22.5 Å². The van der Waals surface area contributed by atoms with Gasteiger partial charge < -0.3 is 10.2 Å². The van der Waals surface area contributed by atoms with Gasteiger partial charge in [-0.25, -0.2) is 0 Å². The van der Waals surface area contributed by atoms with Gasteiger partial charge in [0.25, 0.3) is 5.91 Å². The Hall–Kier alpha value is -2.28. The predicted molar refractivity (Wildman–Crippen MR) is 95.2 cm³/mol. The van der Waals surface area contributed by atoms with Crippen LogP contribution in [-0.4, -0.2) is 44.6 Å². The molecule has 0 radical (unpaired) electrons. The quantitative estimate of drug-likeness (QED) is 0.897. The number of carbonyl (C=O) groups excluding carboxylic acids is 2. The summed E-state index contributed by atoms with van der Waals surface area (Å²) < 4.78 is 0. The number of aryl methyl sites for hydroxylation is 3. The Morgan fingerprint density at radius 3 is 2.75 bits per heavy atom. The van der Waals surface area contributed by atoms with Crippen molar-refractivity contribution in [2.75, 3.05) is 16.9 Å². The zero-order valence-electron chi connectivity index (χ0n) is 13.9. The number of H-pyrrole nitrogens is 1. The summed E-state index contributed by atoms with van der Waals surface area (Å²) in [6, 6.07) is 7.09. The molecule has 1 aromatic heterocycles. The number of thioether (sulfide) groups is 1. The SMILES string of the molecule is Cc1ccc(NC(=O)[C@@H]2CSCN2C(=O)c2cc(C)[nH]n2)c(C)c1. The number of benzene rings is 1. The lowest BCUT2D eigenvalue weighted by atomic mass is 10.1. The first-order valence-corrected chi connectivity index (χ1v) is 8.90. The second-order valence-corrected chi connectivity index (χ2v) is 7.03. The van der Waals surface area contributed by atoms with Crippen LogP contribution in [0.3, 0.4) is 0 Å². The monoisotopic (exact) mass is 344 g/mol. The molecule has 1 saturated heterocycles. The van der Waals surface area contributed by atoms with Gasteiger partial charge in [0.15, 0.2) is 0 Å². The minimum atomic E-state index is -0.486. The molecule has 3 rings (SSSR count). The van der Waals surface area contributed by atoms with E-state index in [1.54, 1.807) is 22.7 Å². The van der Waals surface area contributed by atoms with Crippen molar-refractivity contribution in [3.05, 3.63) is 46.8 Å². The highest BCUT2D eigenvalue weighted by Crippen LogP contribution is 2.25. The van der Waals surface area contributed by atoms with Crippen molar-refractivity contribution < 1.29 is 9.59 Å². The van der Waals surface area contributed by atoms with Crippen molar-refractivity contribution in [3.63, 3.8) is 0 Å². The molecule has 2 aromatic rings. The van der Waals surface area contributed by atoms with E-state index in [9.17, 15) is 9.59 Å². The highest BCUT2D eigenvalue weighted by molar-refractivity contribution is 7.99. The lowest BCUT2D eigenvalue weighted by molar-refractivity contribution is -0.119. The summed E-state index contributed by atoms with van der Waals surface area (Å²) in [6.07, 6.45) is 0.